The lowest BCUT2D eigenvalue weighted by molar-refractivity contribution is -0.113. The highest BCUT2D eigenvalue weighted by Gasteiger charge is 2.12. The fraction of sp³-hybridized carbons (Fsp3) is 0.214. The third kappa shape index (κ3) is 4.31. The summed E-state index contributed by atoms with van der Waals surface area (Å²) in [5.41, 5.74) is 2.66. The van der Waals surface area contributed by atoms with E-state index in [0.29, 0.717) is 21.7 Å². The van der Waals surface area contributed by atoms with Gasteiger partial charge in [0, 0.05) is 18.5 Å². The summed E-state index contributed by atoms with van der Waals surface area (Å²) in [6.45, 7) is 0. The predicted octanol–water partition coefficient (Wildman–Crippen LogP) is 2.64. The van der Waals surface area contributed by atoms with Gasteiger partial charge in [0.2, 0.25) is 11.0 Å². The van der Waals surface area contributed by atoms with Gasteiger partial charge in [-0.05, 0) is 17.7 Å². The Hall–Kier alpha value is -1.97. The van der Waals surface area contributed by atoms with Crippen molar-refractivity contribution < 1.29 is 4.79 Å². The quantitative estimate of drug-likeness (QED) is 0.661. The molecule has 3 aromatic rings. The summed E-state index contributed by atoms with van der Waals surface area (Å²) >= 11 is 8.49. The predicted molar refractivity (Wildman–Crippen MR) is 94.5 cm³/mol. The zero-order chi connectivity index (χ0) is 16.9. The van der Waals surface area contributed by atoms with Crippen molar-refractivity contribution in [2.45, 2.75) is 11.6 Å². The smallest absolute Gasteiger partial charge is 0.236 e. The Morgan fingerprint density at radius 2 is 2.08 bits per heavy atom. The molecule has 124 valence electrons. The fourth-order valence-electron chi connectivity index (χ4n) is 1.92. The summed E-state index contributed by atoms with van der Waals surface area (Å²) in [6, 6.07) is 7.61. The highest BCUT2D eigenvalue weighted by molar-refractivity contribution is 7.99. The SMILES string of the molecule is Cn1c(Cc2ccc(Cl)cc2)nnc1SCC(=O)Nc1nncs1. The number of nitrogens with one attached hydrogen (secondary N) is 1. The lowest BCUT2D eigenvalue weighted by Gasteiger charge is -2.04. The van der Waals surface area contributed by atoms with Gasteiger partial charge in [0.05, 0.1) is 5.75 Å². The highest BCUT2D eigenvalue weighted by atomic mass is 35.5. The third-order valence-corrected chi connectivity index (χ3v) is 5.02. The average Bonchev–Trinajstić information content (AvgIpc) is 3.19. The first-order chi connectivity index (χ1) is 11.6. The molecule has 1 aromatic carbocycles. The largest absolute Gasteiger partial charge is 0.309 e. The number of benzene rings is 1. The lowest BCUT2D eigenvalue weighted by atomic mass is 10.1. The minimum Gasteiger partial charge on any atom is -0.309 e. The highest BCUT2D eigenvalue weighted by Crippen LogP contribution is 2.19. The Kier molecular flexibility index (Phi) is 5.44. The summed E-state index contributed by atoms with van der Waals surface area (Å²) in [4.78, 5) is 11.9. The molecular formula is C14H13ClN6OS2. The number of hydrogen-bond donors (Lipinski definition) is 1. The number of anilines is 1. The van der Waals surface area contributed by atoms with Crippen LogP contribution >= 0.6 is 34.7 Å². The second-order valence-corrected chi connectivity index (χ2v) is 7.05. The molecule has 0 spiro atoms. The van der Waals surface area contributed by atoms with Crippen LogP contribution in [0.25, 0.3) is 0 Å². The normalized spacial score (nSPS) is 10.8. The molecule has 0 radical (unpaired) electrons. The van der Waals surface area contributed by atoms with Crippen molar-refractivity contribution in [1.29, 1.82) is 0 Å². The van der Waals surface area contributed by atoms with Crippen molar-refractivity contribution in [3.05, 3.63) is 46.2 Å². The van der Waals surface area contributed by atoms with E-state index >= 15 is 0 Å². The fourth-order valence-corrected chi connectivity index (χ4v) is 3.24. The van der Waals surface area contributed by atoms with Crippen LogP contribution < -0.4 is 5.32 Å². The number of thioether (sulfide) groups is 1. The topological polar surface area (TPSA) is 85.6 Å². The van der Waals surface area contributed by atoms with E-state index in [9.17, 15) is 4.79 Å². The van der Waals surface area contributed by atoms with Crippen LogP contribution in [0.5, 0.6) is 0 Å². The minimum atomic E-state index is -0.154. The van der Waals surface area contributed by atoms with Crippen LogP contribution in [0, 0.1) is 0 Å². The molecule has 24 heavy (non-hydrogen) atoms. The van der Waals surface area contributed by atoms with Gasteiger partial charge in [0.25, 0.3) is 0 Å². The van der Waals surface area contributed by atoms with Crippen molar-refractivity contribution in [1.82, 2.24) is 25.0 Å². The second-order valence-electron chi connectivity index (χ2n) is 4.84. The van der Waals surface area contributed by atoms with E-state index in [1.807, 2.05) is 35.9 Å². The number of carbonyl (C=O) groups is 1. The van der Waals surface area contributed by atoms with Gasteiger partial charge < -0.3 is 4.57 Å². The van der Waals surface area contributed by atoms with Crippen LogP contribution in [-0.2, 0) is 18.3 Å². The third-order valence-electron chi connectivity index (χ3n) is 3.14. The summed E-state index contributed by atoms with van der Waals surface area (Å²) in [7, 11) is 1.89. The number of amides is 1. The Labute approximate surface area is 151 Å². The summed E-state index contributed by atoms with van der Waals surface area (Å²) < 4.78 is 1.89. The molecule has 2 aromatic heterocycles. The van der Waals surface area contributed by atoms with E-state index in [2.05, 4.69) is 25.7 Å². The maximum atomic E-state index is 11.9. The van der Waals surface area contributed by atoms with Crippen molar-refractivity contribution in [2.75, 3.05) is 11.1 Å². The Morgan fingerprint density at radius 3 is 2.79 bits per heavy atom. The van der Waals surface area contributed by atoms with Gasteiger partial charge in [-0.1, -0.05) is 46.8 Å². The number of rotatable bonds is 6. The Morgan fingerprint density at radius 1 is 1.29 bits per heavy atom. The van der Waals surface area contributed by atoms with Crippen molar-refractivity contribution in [3.63, 3.8) is 0 Å². The number of nitrogens with zero attached hydrogens (tertiary/aromatic N) is 5. The van der Waals surface area contributed by atoms with E-state index in [1.165, 1.54) is 23.1 Å². The lowest BCUT2D eigenvalue weighted by Crippen LogP contribution is -2.14. The second kappa shape index (κ2) is 7.73. The summed E-state index contributed by atoms with van der Waals surface area (Å²) in [6.07, 6.45) is 0.651. The van der Waals surface area contributed by atoms with E-state index in [-0.39, 0.29) is 11.7 Å². The Balaban J connectivity index is 1.58. The minimum absolute atomic E-state index is 0.154. The van der Waals surface area contributed by atoms with E-state index < -0.39 is 0 Å². The molecule has 0 atom stereocenters. The van der Waals surface area contributed by atoms with Crippen LogP contribution in [0.2, 0.25) is 5.02 Å². The van der Waals surface area contributed by atoms with E-state index in [4.69, 9.17) is 11.6 Å². The van der Waals surface area contributed by atoms with Crippen LogP contribution in [0.1, 0.15) is 11.4 Å². The van der Waals surface area contributed by atoms with Gasteiger partial charge in [-0.3, -0.25) is 10.1 Å². The van der Waals surface area contributed by atoms with Gasteiger partial charge in [-0.25, -0.2) is 0 Å². The zero-order valence-electron chi connectivity index (χ0n) is 12.6. The molecule has 0 saturated heterocycles. The van der Waals surface area contributed by atoms with Gasteiger partial charge in [-0.15, -0.1) is 20.4 Å². The van der Waals surface area contributed by atoms with Crippen molar-refractivity contribution in [3.8, 4) is 0 Å². The first-order valence-corrected chi connectivity index (χ1v) is 9.17. The zero-order valence-corrected chi connectivity index (χ0v) is 15.0. The maximum Gasteiger partial charge on any atom is 0.236 e. The Bertz CT molecular complexity index is 818. The molecule has 10 heteroatoms. The standard InChI is InChI=1S/C14H13ClN6OS2/c1-21-11(6-9-2-4-10(15)5-3-9)18-20-14(21)23-7-12(22)17-13-19-16-8-24-13/h2-5,8H,6-7H2,1H3,(H,17,19,22). The molecule has 3 rings (SSSR count). The molecule has 0 aliphatic heterocycles. The molecule has 0 bridgehead atoms. The average molecular weight is 381 g/mol. The molecule has 0 aliphatic carbocycles. The molecule has 0 saturated carbocycles. The van der Waals surface area contributed by atoms with Gasteiger partial charge in [0.1, 0.15) is 11.3 Å². The van der Waals surface area contributed by atoms with Gasteiger partial charge in [-0.2, -0.15) is 0 Å². The molecule has 0 fully saturated rings. The van der Waals surface area contributed by atoms with Crippen molar-refractivity contribution in [2.24, 2.45) is 7.05 Å². The molecular weight excluding hydrogens is 368 g/mol. The van der Waals surface area contributed by atoms with Crippen LogP contribution in [0.15, 0.2) is 34.9 Å². The summed E-state index contributed by atoms with van der Waals surface area (Å²) in [5, 5.41) is 20.3. The number of hydrogen-bond acceptors (Lipinski definition) is 7. The van der Waals surface area contributed by atoms with Gasteiger partial charge in [0.15, 0.2) is 5.16 Å². The number of aromatic nitrogens is 5. The molecule has 7 nitrogen and oxygen atoms in total. The molecule has 2 heterocycles. The summed E-state index contributed by atoms with van der Waals surface area (Å²) in [5.74, 6) is 0.898. The molecule has 0 aliphatic rings. The monoisotopic (exact) mass is 380 g/mol. The van der Waals surface area contributed by atoms with Crippen LogP contribution in [0.3, 0.4) is 0 Å². The molecule has 0 unspecified atom stereocenters. The number of halogens is 1. The van der Waals surface area contributed by atoms with Crippen molar-refractivity contribution >= 4 is 45.7 Å². The van der Waals surface area contributed by atoms with Gasteiger partial charge >= 0.3 is 0 Å². The van der Waals surface area contributed by atoms with E-state index in [1.54, 1.807) is 5.51 Å². The molecule has 1 amide bonds. The van der Waals surface area contributed by atoms with E-state index in [0.717, 1.165) is 11.4 Å². The maximum absolute atomic E-state index is 11.9. The number of carbonyl (C=O) groups excluding carboxylic acids is 1. The molecule has 1 N–H and O–H groups in total. The first-order valence-electron chi connectivity index (χ1n) is 6.93. The van der Waals surface area contributed by atoms with Crippen LogP contribution in [0.4, 0.5) is 5.13 Å². The van der Waals surface area contributed by atoms with Crippen LogP contribution in [-0.4, -0.2) is 36.6 Å². The first kappa shape index (κ1) is 16.9.